The highest BCUT2D eigenvalue weighted by atomic mass is 35.5. The molecule has 4 rings (SSSR count). The lowest BCUT2D eigenvalue weighted by Crippen LogP contribution is -2.49. The molecule has 29 heavy (non-hydrogen) atoms. The molecule has 1 amide bonds. The number of rotatable bonds is 3. The molecule has 1 aliphatic heterocycles. The van der Waals surface area contributed by atoms with Crippen molar-refractivity contribution in [2.75, 3.05) is 19.6 Å². The molecule has 1 fully saturated rings. The van der Waals surface area contributed by atoms with Crippen LogP contribution in [0.15, 0.2) is 24.7 Å². The van der Waals surface area contributed by atoms with E-state index < -0.39 is 0 Å². The van der Waals surface area contributed by atoms with Crippen LogP contribution < -0.4 is 5.32 Å². The summed E-state index contributed by atoms with van der Waals surface area (Å²) in [4.78, 5) is 24.6. The summed E-state index contributed by atoms with van der Waals surface area (Å²) in [6, 6.07) is 1.95. The normalized spacial score (nSPS) is 16.6. The third-order valence-electron chi connectivity index (χ3n) is 5.08. The van der Waals surface area contributed by atoms with E-state index in [2.05, 4.69) is 34.2 Å². The van der Waals surface area contributed by atoms with Gasteiger partial charge in [-0.05, 0) is 26.8 Å². The van der Waals surface area contributed by atoms with Crippen molar-refractivity contribution >= 4 is 41.8 Å². The number of hydrogen-bond donors (Lipinski definition) is 1. The molecule has 10 heteroatoms. The van der Waals surface area contributed by atoms with Crippen molar-refractivity contribution in [1.29, 1.82) is 0 Å². The van der Waals surface area contributed by atoms with Crippen molar-refractivity contribution in [3.05, 3.63) is 41.7 Å². The molecule has 1 aliphatic rings. The second kappa shape index (κ2) is 9.11. The summed E-state index contributed by atoms with van der Waals surface area (Å²) in [5.74, 6) is 0.888. The summed E-state index contributed by atoms with van der Waals surface area (Å²) in [6.07, 6.45) is 5.44. The molecule has 0 radical (unpaired) electrons. The highest BCUT2D eigenvalue weighted by Gasteiger charge is 2.32. The van der Waals surface area contributed by atoms with Gasteiger partial charge in [0.05, 0.1) is 17.1 Å². The Morgan fingerprint density at radius 3 is 2.72 bits per heavy atom. The van der Waals surface area contributed by atoms with Crippen molar-refractivity contribution in [3.8, 4) is 0 Å². The average molecular weight is 440 g/mol. The number of piperazine rings is 1. The number of fused-ring (bicyclic) bond motifs is 1. The summed E-state index contributed by atoms with van der Waals surface area (Å²) in [5.41, 5.74) is 2.24. The van der Waals surface area contributed by atoms with Gasteiger partial charge in [-0.3, -0.25) is 4.79 Å². The largest absolute Gasteiger partial charge is 0.336 e. The molecule has 1 saturated heterocycles. The second-order valence-electron chi connectivity index (χ2n) is 7.35. The smallest absolute Gasteiger partial charge is 0.255 e. The van der Waals surface area contributed by atoms with Crippen LogP contribution in [0, 0.1) is 6.92 Å². The van der Waals surface area contributed by atoms with Gasteiger partial charge in [-0.2, -0.15) is 5.10 Å². The first-order valence-electron chi connectivity index (χ1n) is 9.31. The molecule has 4 heterocycles. The molecule has 158 valence electrons. The van der Waals surface area contributed by atoms with Crippen LogP contribution in [0.2, 0.25) is 0 Å². The van der Waals surface area contributed by atoms with Crippen LogP contribution in [0.25, 0.3) is 11.0 Å². The maximum absolute atomic E-state index is 13.6. The molecule has 1 unspecified atom stereocenters. The van der Waals surface area contributed by atoms with E-state index in [0.717, 1.165) is 29.1 Å². The SMILES string of the molecule is Cc1cc(C(=O)N2CCNCC2c2nccn2C)c2cnn(C(C)C)c2n1.Cl.Cl. The van der Waals surface area contributed by atoms with Crippen molar-refractivity contribution < 1.29 is 4.79 Å². The van der Waals surface area contributed by atoms with Gasteiger partial charge >= 0.3 is 0 Å². The number of carbonyl (C=O) groups excluding carboxylic acids is 1. The summed E-state index contributed by atoms with van der Waals surface area (Å²) >= 11 is 0. The molecule has 0 bridgehead atoms. The van der Waals surface area contributed by atoms with E-state index >= 15 is 0 Å². The van der Waals surface area contributed by atoms with Crippen LogP contribution >= 0.6 is 24.8 Å². The van der Waals surface area contributed by atoms with Crippen molar-refractivity contribution in [3.63, 3.8) is 0 Å². The number of carbonyl (C=O) groups is 1. The summed E-state index contributed by atoms with van der Waals surface area (Å²) in [6.45, 7) is 8.14. The van der Waals surface area contributed by atoms with Gasteiger partial charge in [0.15, 0.2) is 5.65 Å². The zero-order valence-corrected chi connectivity index (χ0v) is 18.6. The predicted octanol–water partition coefficient (Wildman–Crippen LogP) is 2.68. The van der Waals surface area contributed by atoms with Crippen LogP contribution in [-0.2, 0) is 7.05 Å². The third-order valence-corrected chi connectivity index (χ3v) is 5.08. The summed E-state index contributed by atoms with van der Waals surface area (Å²) < 4.78 is 3.84. The minimum atomic E-state index is -0.102. The lowest BCUT2D eigenvalue weighted by atomic mass is 10.1. The van der Waals surface area contributed by atoms with Crippen LogP contribution in [0.3, 0.4) is 0 Å². The first-order chi connectivity index (χ1) is 13.0. The molecule has 0 saturated carbocycles. The Kier molecular flexibility index (Phi) is 7.26. The number of nitrogens with zero attached hydrogens (tertiary/aromatic N) is 6. The van der Waals surface area contributed by atoms with Crippen LogP contribution in [0.5, 0.6) is 0 Å². The number of halogens is 2. The minimum Gasteiger partial charge on any atom is -0.336 e. The molecule has 8 nitrogen and oxygen atoms in total. The highest BCUT2D eigenvalue weighted by Crippen LogP contribution is 2.27. The van der Waals surface area contributed by atoms with E-state index in [-0.39, 0.29) is 42.8 Å². The molecular weight excluding hydrogens is 413 g/mol. The fraction of sp³-hybridized carbons (Fsp3) is 0.474. The van der Waals surface area contributed by atoms with E-state index in [0.29, 0.717) is 18.7 Å². The number of imidazole rings is 1. The Morgan fingerprint density at radius 1 is 1.31 bits per heavy atom. The van der Waals surface area contributed by atoms with E-state index in [1.54, 1.807) is 12.4 Å². The molecule has 1 atom stereocenters. The van der Waals surface area contributed by atoms with Crippen LogP contribution in [0.4, 0.5) is 0 Å². The Balaban J connectivity index is 0.00000150. The molecule has 3 aromatic rings. The topological polar surface area (TPSA) is 80.9 Å². The Bertz CT molecular complexity index is 998. The lowest BCUT2D eigenvalue weighted by molar-refractivity contribution is 0.0622. The molecule has 0 spiro atoms. The standard InChI is InChI=1S/C19H25N7O.2ClH/c1-12(2)26-17-15(10-22-26)14(9-13(3)23-17)19(27)25-8-5-20-11-16(25)18-21-6-7-24(18)4;;/h6-7,9-10,12,16,20H,5,8,11H2,1-4H3;2*1H. The van der Waals surface area contributed by atoms with Crippen molar-refractivity contribution in [2.45, 2.75) is 32.9 Å². The zero-order chi connectivity index (χ0) is 19.1. The van der Waals surface area contributed by atoms with Gasteiger partial charge in [0, 0.05) is 50.8 Å². The lowest BCUT2D eigenvalue weighted by Gasteiger charge is -2.36. The van der Waals surface area contributed by atoms with Gasteiger partial charge < -0.3 is 14.8 Å². The monoisotopic (exact) mass is 439 g/mol. The number of hydrogen-bond acceptors (Lipinski definition) is 5. The van der Waals surface area contributed by atoms with E-state index in [4.69, 9.17) is 0 Å². The first kappa shape index (κ1) is 23.1. The number of pyridine rings is 1. The zero-order valence-electron chi connectivity index (χ0n) is 17.0. The third kappa shape index (κ3) is 4.10. The number of nitrogens with one attached hydrogen (secondary N) is 1. The van der Waals surface area contributed by atoms with Gasteiger partial charge in [0.1, 0.15) is 11.9 Å². The first-order valence-corrected chi connectivity index (χ1v) is 9.31. The highest BCUT2D eigenvalue weighted by molar-refractivity contribution is 6.05. The Morgan fingerprint density at radius 2 is 2.07 bits per heavy atom. The molecule has 3 aromatic heterocycles. The fourth-order valence-electron chi connectivity index (χ4n) is 3.73. The van der Waals surface area contributed by atoms with E-state index in [1.165, 1.54) is 0 Å². The summed E-state index contributed by atoms with van der Waals surface area (Å²) in [5, 5.41) is 8.64. The Labute approximate surface area is 182 Å². The number of aromatic nitrogens is 5. The maximum atomic E-state index is 13.6. The summed E-state index contributed by atoms with van der Waals surface area (Å²) in [7, 11) is 1.96. The molecule has 1 N–H and O–H groups in total. The van der Waals surface area contributed by atoms with Crippen molar-refractivity contribution in [1.82, 2.24) is 34.5 Å². The van der Waals surface area contributed by atoms with Gasteiger partial charge in [0.25, 0.3) is 5.91 Å². The van der Waals surface area contributed by atoms with E-state index in [9.17, 15) is 4.79 Å². The minimum absolute atomic E-state index is 0. The molecule has 0 aliphatic carbocycles. The van der Waals surface area contributed by atoms with Crippen LogP contribution in [-0.4, -0.2) is 54.8 Å². The predicted molar refractivity (Wildman–Crippen MR) is 117 cm³/mol. The maximum Gasteiger partial charge on any atom is 0.255 e. The Hall–Kier alpha value is -2.16. The quantitative estimate of drug-likeness (QED) is 0.678. The molecular formula is C19H27Cl2N7O. The fourth-order valence-corrected chi connectivity index (χ4v) is 3.73. The number of amides is 1. The van der Waals surface area contributed by atoms with E-state index in [1.807, 2.05) is 40.4 Å². The molecule has 0 aromatic carbocycles. The second-order valence-corrected chi connectivity index (χ2v) is 7.35. The number of aryl methyl sites for hydroxylation is 2. The van der Waals surface area contributed by atoms with Gasteiger partial charge in [-0.1, -0.05) is 0 Å². The van der Waals surface area contributed by atoms with Crippen LogP contribution in [0.1, 0.15) is 47.8 Å². The van der Waals surface area contributed by atoms with Gasteiger partial charge in [-0.15, -0.1) is 24.8 Å². The van der Waals surface area contributed by atoms with Crippen molar-refractivity contribution in [2.24, 2.45) is 7.05 Å². The average Bonchev–Trinajstić information content (AvgIpc) is 3.26. The van der Waals surface area contributed by atoms with Gasteiger partial charge in [0.2, 0.25) is 0 Å². The van der Waals surface area contributed by atoms with Gasteiger partial charge in [-0.25, -0.2) is 14.6 Å².